The monoisotopic (exact) mass is 262 g/mol. The van der Waals surface area contributed by atoms with Crippen molar-refractivity contribution in [3.8, 4) is 0 Å². The molecule has 0 aliphatic rings. The van der Waals surface area contributed by atoms with E-state index in [1.807, 2.05) is 25.2 Å². The van der Waals surface area contributed by atoms with Crippen molar-refractivity contribution < 1.29 is 4.79 Å². The Hall–Kier alpha value is -1.35. The summed E-state index contributed by atoms with van der Waals surface area (Å²) >= 11 is 0. The Kier molecular flexibility index (Phi) is 6.03. The van der Waals surface area contributed by atoms with Gasteiger partial charge in [-0.3, -0.25) is 4.79 Å². The van der Waals surface area contributed by atoms with E-state index in [0.717, 1.165) is 13.0 Å². The molecular formula is C16H26N2O. The maximum atomic E-state index is 11.9. The van der Waals surface area contributed by atoms with Crippen molar-refractivity contribution in [3.63, 3.8) is 0 Å². The molecule has 19 heavy (non-hydrogen) atoms. The molecule has 0 aliphatic heterocycles. The number of hydrogen-bond acceptors (Lipinski definition) is 2. The highest BCUT2D eigenvalue weighted by atomic mass is 16.1. The molecule has 0 fully saturated rings. The second-order valence-corrected chi connectivity index (χ2v) is 5.58. The van der Waals surface area contributed by atoms with Gasteiger partial charge in [-0.05, 0) is 32.5 Å². The van der Waals surface area contributed by atoms with Crippen molar-refractivity contribution >= 4 is 5.91 Å². The minimum absolute atomic E-state index is 0.0695. The Labute approximate surface area is 116 Å². The van der Waals surface area contributed by atoms with Crippen LogP contribution in [0.25, 0.3) is 0 Å². The fourth-order valence-electron chi connectivity index (χ4n) is 2.04. The lowest BCUT2D eigenvalue weighted by Gasteiger charge is -2.33. The number of hydrogen-bond donors (Lipinski definition) is 2. The molecule has 2 N–H and O–H groups in total. The van der Waals surface area contributed by atoms with Crippen molar-refractivity contribution in [2.24, 2.45) is 0 Å². The van der Waals surface area contributed by atoms with Gasteiger partial charge in [0.1, 0.15) is 0 Å². The second-order valence-electron chi connectivity index (χ2n) is 5.58. The van der Waals surface area contributed by atoms with E-state index in [4.69, 9.17) is 0 Å². The highest BCUT2D eigenvalue weighted by molar-refractivity contribution is 5.76. The van der Waals surface area contributed by atoms with Gasteiger partial charge in [-0.2, -0.15) is 0 Å². The molecule has 1 aromatic rings. The van der Waals surface area contributed by atoms with Crippen LogP contribution in [0.5, 0.6) is 0 Å². The zero-order chi connectivity index (χ0) is 14.3. The molecule has 1 unspecified atom stereocenters. The molecule has 0 aliphatic carbocycles. The summed E-state index contributed by atoms with van der Waals surface area (Å²) in [5.74, 6) is 0.131. The lowest BCUT2D eigenvalue weighted by molar-refractivity contribution is -0.122. The highest BCUT2D eigenvalue weighted by Gasteiger charge is 2.28. The van der Waals surface area contributed by atoms with Gasteiger partial charge in [-0.1, -0.05) is 44.2 Å². The first-order chi connectivity index (χ1) is 8.98. The molecule has 0 radical (unpaired) electrons. The lowest BCUT2D eigenvalue weighted by atomic mass is 9.78. The molecule has 0 bridgehead atoms. The van der Waals surface area contributed by atoms with Gasteiger partial charge in [-0.15, -0.1) is 0 Å². The first-order valence-electron chi connectivity index (χ1n) is 6.98. The minimum Gasteiger partial charge on any atom is -0.353 e. The smallest absolute Gasteiger partial charge is 0.220 e. The zero-order valence-electron chi connectivity index (χ0n) is 12.5. The quantitative estimate of drug-likeness (QED) is 0.741. The van der Waals surface area contributed by atoms with E-state index in [0.29, 0.717) is 6.42 Å². The van der Waals surface area contributed by atoms with E-state index in [2.05, 4.69) is 43.5 Å². The standard InChI is InChI=1S/C16H26N2O/c1-13(18-15(19)11-8-12-17-4)16(2,3)14-9-6-5-7-10-14/h5-7,9-10,13,17H,8,11-12H2,1-4H3,(H,18,19). The first-order valence-corrected chi connectivity index (χ1v) is 6.98. The predicted octanol–water partition coefficient (Wildman–Crippen LogP) is 2.47. The Morgan fingerprint density at radius 2 is 1.89 bits per heavy atom. The fraction of sp³-hybridized carbons (Fsp3) is 0.562. The summed E-state index contributed by atoms with van der Waals surface area (Å²) in [4.78, 5) is 11.9. The van der Waals surface area contributed by atoms with E-state index in [9.17, 15) is 4.79 Å². The van der Waals surface area contributed by atoms with E-state index >= 15 is 0 Å². The summed E-state index contributed by atoms with van der Waals surface area (Å²) in [6, 6.07) is 10.4. The summed E-state index contributed by atoms with van der Waals surface area (Å²) in [6.07, 6.45) is 1.46. The molecule has 1 amide bonds. The van der Waals surface area contributed by atoms with Crippen LogP contribution < -0.4 is 10.6 Å². The van der Waals surface area contributed by atoms with Gasteiger partial charge in [0.25, 0.3) is 0 Å². The number of nitrogens with one attached hydrogen (secondary N) is 2. The molecule has 0 aromatic heterocycles. The molecular weight excluding hydrogens is 236 g/mol. The summed E-state index contributed by atoms with van der Waals surface area (Å²) < 4.78 is 0. The lowest BCUT2D eigenvalue weighted by Crippen LogP contribution is -2.45. The Bertz CT molecular complexity index is 387. The minimum atomic E-state index is -0.0695. The second kappa shape index (κ2) is 7.29. The molecule has 0 saturated heterocycles. The third kappa shape index (κ3) is 4.67. The predicted molar refractivity (Wildman–Crippen MR) is 80.2 cm³/mol. The van der Waals surface area contributed by atoms with Gasteiger partial charge in [0, 0.05) is 17.9 Å². The van der Waals surface area contributed by atoms with Crippen LogP contribution in [0.2, 0.25) is 0 Å². The van der Waals surface area contributed by atoms with Crippen LogP contribution in [0.4, 0.5) is 0 Å². The van der Waals surface area contributed by atoms with Crippen molar-refractivity contribution in [3.05, 3.63) is 35.9 Å². The third-order valence-electron chi connectivity index (χ3n) is 3.81. The molecule has 3 heteroatoms. The highest BCUT2D eigenvalue weighted by Crippen LogP contribution is 2.26. The number of rotatable bonds is 7. The van der Waals surface area contributed by atoms with E-state index < -0.39 is 0 Å². The van der Waals surface area contributed by atoms with Gasteiger partial charge < -0.3 is 10.6 Å². The van der Waals surface area contributed by atoms with Crippen LogP contribution in [0, 0.1) is 0 Å². The van der Waals surface area contributed by atoms with Crippen LogP contribution in [-0.2, 0) is 10.2 Å². The van der Waals surface area contributed by atoms with Gasteiger partial charge in [0.15, 0.2) is 0 Å². The summed E-state index contributed by atoms with van der Waals surface area (Å²) in [7, 11) is 1.90. The van der Waals surface area contributed by atoms with E-state index in [1.54, 1.807) is 0 Å². The van der Waals surface area contributed by atoms with Gasteiger partial charge >= 0.3 is 0 Å². The van der Waals surface area contributed by atoms with Crippen molar-refractivity contribution in [1.29, 1.82) is 0 Å². The van der Waals surface area contributed by atoms with Crippen molar-refractivity contribution in [2.75, 3.05) is 13.6 Å². The third-order valence-corrected chi connectivity index (χ3v) is 3.81. The van der Waals surface area contributed by atoms with E-state index in [1.165, 1.54) is 5.56 Å². The van der Waals surface area contributed by atoms with Crippen molar-refractivity contribution in [2.45, 2.75) is 45.1 Å². The van der Waals surface area contributed by atoms with Crippen LogP contribution in [0.3, 0.4) is 0 Å². The van der Waals surface area contributed by atoms with Crippen LogP contribution in [0.15, 0.2) is 30.3 Å². The summed E-state index contributed by atoms with van der Waals surface area (Å²) in [6.45, 7) is 7.29. The van der Waals surface area contributed by atoms with Crippen LogP contribution >= 0.6 is 0 Å². The SMILES string of the molecule is CNCCCC(=O)NC(C)C(C)(C)c1ccccc1. The van der Waals surface area contributed by atoms with Crippen molar-refractivity contribution in [1.82, 2.24) is 10.6 Å². The fourth-order valence-corrected chi connectivity index (χ4v) is 2.04. The maximum Gasteiger partial charge on any atom is 0.220 e. The molecule has 1 rings (SSSR count). The summed E-state index contributed by atoms with van der Waals surface area (Å²) in [5.41, 5.74) is 1.18. The number of carbonyl (C=O) groups is 1. The Balaban J connectivity index is 2.56. The molecule has 106 valence electrons. The molecule has 1 aromatic carbocycles. The van der Waals surface area contributed by atoms with Gasteiger partial charge in [-0.25, -0.2) is 0 Å². The first kappa shape index (κ1) is 15.7. The number of carbonyl (C=O) groups excluding carboxylic acids is 1. The Morgan fingerprint density at radius 3 is 2.47 bits per heavy atom. The molecule has 0 saturated carbocycles. The molecule has 0 heterocycles. The molecule has 0 spiro atoms. The largest absolute Gasteiger partial charge is 0.353 e. The average Bonchev–Trinajstić information content (AvgIpc) is 2.40. The zero-order valence-corrected chi connectivity index (χ0v) is 12.5. The van der Waals surface area contributed by atoms with Crippen LogP contribution in [0.1, 0.15) is 39.2 Å². The maximum absolute atomic E-state index is 11.9. The normalized spacial score (nSPS) is 13.1. The van der Waals surface area contributed by atoms with Gasteiger partial charge in [0.05, 0.1) is 0 Å². The molecule has 1 atom stereocenters. The topological polar surface area (TPSA) is 41.1 Å². The molecule has 3 nitrogen and oxygen atoms in total. The Morgan fingerprint density at radius 1 is 1.26 bits per heavy atom. The van der Waals surface area contributed by atoms with Gasteiger partial charge in [0.2, 0.25) is 5.91 Å². The number of amides is 1. The van der Waals surface area contributed by atoms with E-state index in [-0.39, 0.29) is 17.4 Å². The van der Waals surface area contributed by atoms with Crippen LogP contribution in [-0.4, -0.2) is 25.5 Å². The summed E-state index contributed by atoms with van der Waals surface area (Å²) in [5, 5.41) is 6.16. The average molecular weight is 262 g/mol. The number of benzene rings is 1.